The van der Waals surface area contributed by atoms with Gasteiger partial charge in [-0.25, -0.2) is 4.98 Å². The van der Waals surface area contributed by atoms with Crippen molar-refractivity contribution in [2.24, 2.45) is 0 Å². The van der Waals surface area contributed by atoms with Crippen LogP contribution in [0.4, 0.5) is 0 Å². The number of nitrogens with one attached hydrogen (secondary N) is 1. The van der Waals surface area contributed by atoms with E-state index in [4.69, 9.17) is 4.84 Å². The van der Waals surface area contributed by atoms with Crippen LogP contribution >= 0.6 is 27.3 Å². The fourth-order valence-corrected chi connectivity index (χ4v) is 2.78. The molecule has 86 valence electrons. The topological polar surface area (TPSA) is 34.1 Å². The van der Waals surface area contributed by atoms with E-state index >= 15 is 0 Å². The van der Waals surface area contributed by atoms with E-state index in [2.05, 4.69) is 38.5 Å². The molecule has 0 fully saturated rings. The average Bonchev–Trinajstić information content (AvgIpc) is 2.98. The predicted molar refractivity (Wildman–Crippen MR) is 71.5 cm³/mol. The van der Waals surface area contributed by atoms with Crippen LogP contribution in [-0.2, 0) is 4.84 Å². The molecule has 17 heavy (non-hydrogen) atoms. The van der Waals surface area contributed by atoms with Crippen LogP contribution < -0.4 is 5.48 Å². The Hall–Kier alpha value is -1.17. The quantitative estimate of drug-likeness (QED) is 0.860. The third-order valence-corrected chi connectivity index (χ3v) is 3.75. The predicted octanol–water partition coefficient (Wildman–Crippen LogP) is 3.62. The van der Waals surface area contributed by atoms with Crippen molar-refractivity contribution in [3.8, 4) is 10.6 Å². The Balaban J connectivity index is 1.89. The van der Waals surface area contributed by atoms with Crippen LogP contribution in [0.15, 0.2) is 46.4 Å². The Morgan fingerprint density at radius 1 is 1.29 bits per heavy atom. The highest BCUT2D eigenvalue weighted by Crippen LogP contribution is 2.30. The van der Waals surface area contributed by atoms with Crippen LogP contribution in [-0.4, -0.2) is 4.98 Å². The summed E-state index contributed by atoms with van der Waals surface area (Å²) in [5.74, 6) is 0. The lowest BCUT2D eigenvalue weighted by atomic mass is 10.2. The molecule has 0 radical (unpaired) electrons. The Morgan fingerprint density at radius 3 is 2.82 bits per heavy atom. The summed E-state index contributed by atoms with van der Waals surface area (Å²) in [6.07, 6.45) is 1.84. The maximum atomic E-state index is 5.36. The minimum Gasteiger partial charge on any atom is -0.262 e. The smallest absolute Gasteiger partial charge is 0.149 e. The molecule has 1 aromatic carbocycles. The third kappa shape index (κ3) is 2.26. The maximum absolute atomic E-state index is 5.36. The monoisotopic (exact) mass is 308 g/mol. The Kier molecular flexibility index (Phi) is 2.96. The maximum Gasteiger partial charge on any atom is 0.149 e. The minimum atomic E-state index is -0.113. The van der Waals surface area contributed by atoms with Gasteiger partial charge in [0.2, 0.25) is 0 Å². The summed E-state index contributed by atoms with van der Waals surface area (Å²) >= 11 is 4.96. The van der Waals surface area contributed by atoms with Gasteiger partial charge in [-0.05, 0) is 22.0 Å². The molecule has 0 bridgehead atoms. The number of hydroxylamine groups is 1. The first-order chi connectivity index (χ1) is 8.33. The van der Waals surface area contributed by atoms with Gasteiger partial charge in [0.05, 0.1) is 5.69 Å². The summed E-state index contributed by atoms with van der Waals surface area (Å²) in [7, 11) is 0. The van der Waals surface area contributed by atoms with E-state index < -0.39 is 0 Å². The van der Waals surface area contributed by atoms with E-state index in [1.54, 1.807) is 11.3 Å². The molecule has 1 unspecified atom stereocenters. The van der Waals surface area contributed by atoms with Crippen molar-refractivity contribution < 1.29 is 4.84 Å². The molecule has 2 aromatic rings. The minimum absolute atomic E-state index is 0.113. The van der Waals surface area contributed by atoms with E-state index in [9.17, 15) is 0 Å². The molecular formula is C12H9BrN2OS. The van der Waals surface area contributed by atoms with Gasteiger partial charge in [-0.3, -0.25) is 10.3 Å². The van der Waals surface area contributed by atoms with Gasteiger partial charge >= 0.3 is 0 Å². The lowest BCUT2D eigenvalue weighted by molar-refractivity contribution is 0.0438. The average molecular weight is 309 g/mol. The van der Waals surface area contributed by atoms with Crippen molar-refractivity contribution in [2.75, 3.05) is 0 Å². The molecule has 1 aliphatic rings. The standard InChI is InChI=1S/C12H9BrN2OS/c13-11-6-10(16-15-11)9-7-17-12(14-9)8-4-2-1-3-5-8/h1-7,10,15H. The molecule has 0 saturated carbocycles. The molecular weight excluding hydrogens is 300 g/mol. The molecule has 1 aliphatic heterocycles. The van der Waals surface area contributed by atoms with E-state index in [0.717, 1.165) is 20.9 Å². The number of hydrogen-bond donors (Lipinski definition) is 1. The lowest BCUT2D eigenvalue weighted by Gasteiger charge is -2.02. The summed E-state index contributed by atoms with van der Waals surface area (Å²) in [6.45, 7) is 0. The molecule has 3 nitrogen and oxygen atoms in total. The van der Waals surface area contributed by atoms with Crippen LogP contribution in [0.25, 0.3) is 10.6 Å². The second-order valence-corrected chi connectivity index (χ2v) is 5.31. The normalized spacial score (nSPS) is 18.9. The molecule has 0 saturated heterocycles. The van der Waals surface area contributed by atoms with Crippen molar-refractivity contribution in [1.29, 1.82) is 0 Å². The first-order valence-corrected chi connectivity index (χ1v) is 6.80. The Bertz CT molecular complexity index is 553. The van der Waals surface area contributed by atoms with Crippen LogP contribution in [0.5, 0.6) is 0 Å². The fourth-order valence-electron chi connectivity index (χ4n) is 1.60. The Morgan fingerprint density at radius 2 is 2.12 bits per heavy atom. The first kappa shape index (κ1) is 11.0. The third-order valence-electron chi connectivity index (χ3n) is 2.42. The van der Waals surface area contributed by atoms with Gasteiger partial charge in [-0.15, -0.1) is 11.3 Å². The molecule has 5 heteroatoms. The van der Waals surface area contributed by atoms with Gasteiger partial charge in [-0.1, -0.05) is 30.3 Å². The molecule has 1 aromatic heterocycles. The van der Waals surface area contributed by atoms with Gasteiger partial charge in [0, 0.05) is 10.9 Å². The molecule has 2 heterocycles. The summed E-state index contributed by atoms with van der Waals surface area (Å²) in [6, 6.07) is 10.1. The van der Waals surface area contributed by atoms with E-state index in [1.807, 2.05) is 29.7 Å². The van der Waals surface area contributed by atoms with Gasteiger partial charge in [-0.2, -0.15) is 0 Å². The van der Waals surface area contributed by atoms with E-state index in [-0.39, 0.29) is 6.10 Å². The van der Waals surface area contributed by atoms with Crippen molar-refractivity contribution in [2.45, 2.75) is 6.10 Å². The number of benzene rings is 1. The number of thiazole rings is 1. The van der Waals surface area contributed by atoms with Crippen molar-refractivity contribution in [3.05, 3.63) is 52.1 Å². The van der Waals surface area contributed by atoms with Gasteiger partial charge in [0.1, 0.15) is 15.7 Å². The number of aromatic nitrogens is 1. The first-order valence-electron chi connectivity index (χ1n) is 5.13. The highest BCUT2D eigenvalue weighted by Gasteiger charge is 2.19. The highest BCUT2D eigenvalue weighted by molar-refractivity contribution is 9.11. The zero-order valence-corrected chi connectivity index (χ0v) is 11.2. The number of hydrogen-bond acceptors (Lipinski definition) is 4. The molecule has 1 atom stereocenters. The van der Waals surface area contributed by atoms with Crippen LogP contribution in [0.1, 0.15) is 11.8 Å². The summed E-state index contributed by atoms with van der Waals surface area (Å²) < 4.78 is 0.844. The van der Waals surface area contributed by atoms with Crippen molar-refractivity contribution in [3.63, 3.8) is 0 Å². The molecule has 3 rings (SSSR count). The van der Waals surface area contributed by atoms with E-state index in [1.165, 1.54) is 0 Å². The van der Waals surface area contributed by atoms with Crippen LogP contribution in [0.2, 0.25) is 0 Å². The number of halogens is 1. The second kappa shape index (κ2) is 4.60. The summed E-state index contributed by atoms with van der Waals surface area (Å²) in [5.41, 5.74) is 4.82. The summed E-state index contributed by atoms with van der Waals surface area (Å²) in [5, 5.41) is 3.04. The van der Waals surface area contributed by atoms with Crippen molar-refractivity contribution >= 4 is 27.3 Å². The van der Waals surface area contributed by atoms with Gasteiger partial charge in [0.15, 0.2) is 0 Å². The number of nitrogens with zero attached hydrogens (tertiary/aromatic N) is 1. The lowest BCUT2D eigenvalue weighted by Crippen LogP contribution is -2.05. The van der Waals surface area contributed by atoms with Crippen LogP contribution in [0.3, 0.4) is 0 Å². The number of rotatable bonds is 2. The van der Waals surface area contributed by atoms with E-state index in [0.29, 0.717) is 0 Å². The zero-order valence-electron chi connectivity index (χ0n) is 8.76. The molecule has 0 spiro atoms. The van der Waals surface area contributed by atoms with Crippen molar-refractivity contribution in [1.82, 2.24) is 10.5 Å². The largest absolute Gasteiger partial charge is 0.262 e. The molecule has 1 N–H and O–H groups in total. The SMILES string of the molecule is BrC1=CC(c2csc(-c3ccccc3)n2)ON1. The van der Waals surface area contributed by atoms with Gasteiger partial charge < -0.3 is 0 Å². The Labute approximate surface area is 111 Å². The van der Waals surface area contributed by atoms with Crippen LogP contribution in [0, 0.1) is 0 Å². The summed E-state index contributed by atoms with van der Waals surface area (Å²) in [4.78, 5) is 9.94. The molecule has 0 aliphatic carbocycles. The highest BCUT2D eigenvalue weighted by atomic mass is 79.9. The van der Waals surface area contributed by atoms with Gasteiger partial charge in [0.25, 0.3) is 0 Å². The fraction of sp³-hybridized carbons (Fsp3) is 0.0833. The zero-order chi connectivity index (χ0) is 11.7. The second-order valence-electron chi connectivity index (χ2n) is 3.60. The molecule has 0 amide bonds.